The van der Waals surface area contributed by atoms with Crippen LogP contribution in [0.1, 0.15) is 18.1 Å². The quantitative estimate of drug-likeness (QED) is 0.297. The summed E-state index contributed by atoms with van der Waals surface area (Å²) in [4.78, 5) is 24.6. The molecule has 1 amide bonds. The second kappa shape index (κ2) is 12.7. The maximum atomic E-state index is 13.4. The van der Waals surface area contributed by atoms with Gasteiger partial charge in [0.25, 0.3) is 0 Å². The van der Waals surface area contributed by atoms with Crippen molar-refractivity contribution in [3.05, 3.63) is 92.4 Å². The van der Waals surface area contributed by atoms with E-state index in [0.29, 0.717) is 22.9 Å². The Morgan fingerprint density at radius 1 is 0.944 bits per heavy atom. The normalized spacial score (nSPS) is 11.4. The number of amides is 1. The van der Waals surface area contributed by atoms with Gasteiger partial charge in [-0.15, -0.1) is 0 Å². The number of hydrogen-bond acceptors (Lipinski definition) is 5. The van der Waals surface area contributed by atoms with Gasteiger partial charge in [-0.25, -0.2) is 8.42 Å². The first-order valence-corrected chi connectivity index (χ1v) is 13.8. The van der Waals surface area contributed by atoms with E-state index < -0.39 is 22.5 Å². The molecule has 190 valence electrons. The van der Waals surface area contributed by atoms with Crippen LogP contribution in [0.3, 0.4) is 0 Å². The van der Waals surface area contributed by atoms with Crippen LogP contribution >= 0.6 is 39.1 Å². The molecule has 0 aromatic heterocycles. The van der Waals surface area contributed by atoms with Crippen molar-refractivity contribution in [3.8, 4) is 0 Å². The maximum Gasteiger partial charge on any atom is 0.310 e. The van der Waals surface area contributed by atoms with E-state index in [9.17, 15) is 18.0 Å². The van der Waals surface area contributed by atoms with Gasteiger partial charge in [0.15, 0.2) is 0 Å². The highest BCUT2D eigenvalue weighted by Gasteiger charge is 2.27. The molecule has 0 atom stereocenters. The Balaban J connectivity index is 1.79. The lowest BCUT2D eigenvalue weighted by molar-refractivity contribution is -0.142. The average Bonchev–Trinajstić information content (AvgIpc) is 2.82. The predicted octanol–water partition coefficient (Wildman–Crippen LogP) is 5.69. The Morgan fingerprint density at radius 2 is 1.58 bits per heavy atom. The molecule has 0 spiro atoms. The van der Waals surface area contributed by atoms with Crippen molar-refractivity contribution in [2.24, 2.45) is 0 Å². The first-order valence-electron chi connectivity index (χ1n) is 10.8. The van der Waals surface area contributed by atoms with E-state index in [-0.39, 0.29) is 28.9 Å². The van der Waals surface area contributed by atoms with Gasteiger partial charge in [-0.2, -0.15) is 4.31 Å². The lowest BCUT2D eigenvalue weighted by Crippen LogP contribution is -2.37. The number of sulfonamides is 1. The van der Waals surface area contributed by atoms with Crippen molar-refractivity contribution in [2.45, 2.75) is 24.8 Å². The Kier molecular flexibility index (Phi) is 9.92. The molecule has 0 saturated heterocycles. The van der Waals surface area contributed by atoms with Gasteiger partial charge in [-0.05, 0) is 66.6 Å². The molecule has 3 aromatic carbocycles. The first kappa shape index (κ1) is 28.1. The van der Waals surface area contributed by atoms with Gasteiger partial charge in [-0.3, -0.25) is 9.59 Å². The number of carbonyl (C=O) groups excluding carboxylic acids is 2. The number of carbonyl (C=O) groups is 2. The second-order valence-corrected chi connectivity index (χ2v) is 11.4. The number of hydrogen-bond donors (Lipinski definition) is 1. The SMILES string of the molecule is CCOC(=O)Cc1ccc(NC(=O)CN(Cc2ccc(Cl)c(Cl)c2)S(=O)(=O)c2ccc(Br)cc2)cc1. The summed E-state index contributed by atoms with van der Waals surface area (Å²) in [5, 5.41) is 3.32. The van der Waals surface area contributed by atoms with Crippen molar-refractivity contribution in [3.63, 3.8) is 0 Å². The summed E-state index contributed by atoms with van der Waals surface area (Å²) in [6.45, 7) is 1.50. The second-order valence-electron chi connectivity index (χ2n) is 7.70. The highest BCUT2D eigenvalue weighted by molar-refractivity contribution is 9.10. The van der Waals surface area contributed by atoms with E-state index in [0.717, 1.165) is 14.3 Å². The van der Waals surface area contributed by atoms with Crippen molar-refractivity contribution in [1.82, 2.24) is 4.31 Å². The molecule has 0 aliphatic heterocycles. The lowest BCUT2D eigenvalue weighted by Gasteiger charge is -2.22. The van der Waals surface area contributed by atoms with E-state index in [1.807, 2.05) is 0 Å². The standard InChI is InChI=1S/C25H23BrCl2N2O5S/c1-2-35-25(32)14-17-3-8-20(9-4-17)29-24(31)16-30(15-18-5-12-22(27)23(28)13-18)36(33,34)21-10-6-19(26)7-11-21/h3-13H,2,14-16H2,1H3,(H,29,31). The minimum absolute atomic E-state index is 0.0434. The molecule has 3 aromatic rings. The number of rotatable bonds is 10. The fraction of sp³-hybridized carbons (Fsp3) is 0.200. The Bertz CT molecular complexity index is 1330. The fourth-order valence-corrected chi connectivity index (χ4v) is 5.24. The van der Waals surface area contributed by atoms with Crippen LogP contribution in [0.15, 0.2) is 76.1 Å². The molecule has 0 unspecified atom stereocenters. The van der Waals surface area contributed by atoms with Gasteiger partial charge >= 0.3 is 5.97 Å². The van der Waals surface area contributed by atoms with Crippen LogP contribution in [-0.4, -0.2) is 37.8 Å². The molecule has 0 fully saturated rings. The Hall–Kier alpha value is -2.43. The zero-order valence-electron chi connectivity index (χ0n) is 19.2. The molecular weight excluding hydrogens is 591 g/mol. The van der Waals surface area contributed by atoms with Gasteiger partial charge in [0.05, 0.1) is 34.5 Å². The molecule has 0 heterocycles. The van der Waals surface area contributed by atoms with E-state index in [4.69, 9.17) is 27.9 Å². The highest BCUT2D eigenvalue weighted by atomic mass is 79.9. The molecule has 0 radical (unpaired) electrons. The monoisotopic (exact) mass is 612 g/mol. The minimum Gasteiger partial charge on any atom is -0.466 e. The van der Waals surface area contributed by atoms with Crippen LogP contribution in [0.25, 0.3) is 0 Å². The van der Waals surface area contributed by atoms with Gasteiger partial charge in [0.1, 0.15) is 0 Å². The molecule has 36 heavy (non-hydrogen) atoms. The third-order valence-corrected chi connectivity index (χ3v) is 8.08. The summed E-state index contributed by atoms with van der Waals surface area (Å²) in [6, 6.07) is 17.6. The zero-order valence-corrected chi connectivity index (χ0v) is 23.1. The summed E-state index contributed by atoms with van der Waals surface area (Å²) in [7, 11) is -4.03. The Labute approximate surface area is 228 Å². The smallest absolute Gasteiger partial charge is 0.310 e. The number of ether oxygens (including phenoxy) is 1. The number of anilines is 1. The summed E-state index contributed by atoms with van der Waals surface area (Å²) in [6.07, 6.45) is 0.116. The van der Waals surface area contributed by atoms with Crippen LogP contribution < -0.4 is 5.32 Å². The van der Waals surface area contributed by atoms with Crippen LogP contribution in [0, 0.1) is 0 Å². The summed E-state index contributed by atoms with van der Waals surface area (Å²) >= 11 is 15.4. The third-order valence-electron chi connectivity index (χ3n) is 5.01. The summed E-state index contributed by atoms with van der Waals surface area (Å²) in [5.41, 5.74) is 1.76. The van der Waals surface area contributed by atoms with Crippen molar-refractivity contribution in [2.75, 3.05) is 18.5 Å². The van der Waals surface area contributed by atoms with Crippen molar-refractivity contribution in [1.29, 1.82) is 0 Å². The Morgan fingerprint density at radius 3 is 2.19 bits per heavy atom. The summed E-state index contributed by atoms with van der Waals surface area (Å²) < 4.78 is 33.6. The molecule has 0 saturated carbocycles. The number of halogens is 3. The molecule has 7 nitrogen and oxygen atoms in total. The highest BCUT2D eigenvalue weighted by Crippen LogP contribution is 2.26. The largest absolute Gasteiger partial charge is 0.466 e. The molecule has 0 aliphatic carbocycles. The van der Waals surface area contributed by atoms with E-state index in [1.165, 1.54) is 12.1 Å². The van der Waals surface area contributed by atoms with E-state index in [1.54, 1.807) is 61.5 Å². The first-order chi connectivity index (χ1) is 17.1. The average molecular weight is 614 g/mol. The fourth-order valence-electron chi connectivity index (χ4n) is 3.27. The van der Waals surface area contributed by atoms with Crippen LogP contribution in [0.2, 0.25) is 10.0 Å². The van der Waals surface area contributed by atoms with Crippen LogP contribution in [-0.2, 0) is 37.3 Å². The number of benzene rings is 3. The maximum absolute atomic E-state index is 13.4. The lowest BCUT2D eigenvalue weighted by atomic mass is 10.1. The molecular formula is C25H23BrCl2N2O5S. The van der Waals surface area contributed by atoms with Gasteiger partial charge < -0.3 is 10.1 Å². The molecule has 11 heteroatoms. The van der Waals surface area contributed by atoms with Gasteiger partial charge in [0, 0.05) is 16.7 Å². The van der Waals surface area contributed by atoms with Crippen molar-refractivity contribution >= 4 is 66.7 Å². The number of nitrogens with one attached hydrogen (secondary N) is 1. The third kappa shape index (κ3) is 7.78. The topological polar surface area (TPSA) is 92.8 Å². The predicted molar refractivity (Wildman–Crippen MR) is 144 cm³/mol. The van der Waals surface area contributed by atoms with Crippen LogP contribution in [0.4, 0.5) is 5.69 Å². The molecule has 0 aliphatic rings. The minimum atomic E-state index is -4.03. The van der Waals surface area contributed by atoms with Crippen molar-refractivity contribution < 1.29 is 22.7 Å². The summed E-state index contributed by atoms with van der Waals surface area (Å²) in [5.74, 6) is -0.876. The van der Waals surface area contributed by atoms with Crippen LogP contribution in [0.5, 0.6) is 0 Å². The molecule has 3 rings (SSSR count). The van der Waals surface area contributed by atoms with Gasteiger partial charge in [-0.1, -0.05) is 57.3 Å². The number of nitrogens with zero attached hydrogens (tertiary/aromatic N) is 1. The number of esters is 1. The van der Waals surface area contributed by atoms with E-state index >= 15 is 0 Å². The molecule has 1 N–H and O–H groups in total. The zero-order chi connectivity index (χ0) is 26.3. The van der Waals surface area contributed by atoms with Gasteiger partial charge in [0.2, 0.25) is 15.9 Å². The van der Waals surface area contributed by atoms with E-state index in [2.05, 4.69) is 21.2 Å². The molecule has 0 bridgehead atoms.